The molecule has 3 amide bonds. The highest BCUT2D eigenvalue weighted by atomic mass is 16.4. The molecule has 2 unspecified atom stereocenters. The van der Waals surface area contributed by atoms with E-state index in [0.29, 0.717) is 6.54 Å². The standard InChI is InChI=1S/C12H23N3O4/c1-7(2)5-15(6-10(13)16)12(19)14-9(4)8(3)11(17)18/h7-9H,5-6H2,1-4H3,(H2,13,16)(H,14,19)(H,17,18). The molecule has 7 nitrogen and oxygen atoms in total. The Bertz CT molecular complexity index is 344. The predicted octanol–water partition coefficient (Wildman–Crippen LogP) is 0.249. The number of hydrogen-bond donors (Lipinski definition) is 3. The zero-order valence-electron chi connectivity index (χ0n) is 11.8. The number of amides is 3. The minimum atomic E-state index is -0.988. The largest absolute Gasteiger partial charge is 0.481 e. The smallest absolute Gasteiger partial charge is 0.318 e. The molecule has 0 rings (SSSR count). The van der Waals surface area contributed by atoms with Crippen molar-refractivity contribution in [2.45, 2.75) is 33.7 Å². The number of urea groups is 1. The highest BCUT2D eigenvalue weighted by Crippen LogP contribution is 2.05. The quantitative estimate of drug-likeness (QED) is 0.617. The van der Waals surface area contributed by atoms with Crippen LogP contribution in [-0.2, 0) is 9.59 Å². The van der Waals surface area contributed by atoms with E-state index in [-0.39, 0.29) is 12.5 Å². The summed E-state index contributed by atoms with van der Waals surface area (Å²) in [7, 11) is 0. The Hall–Kier alpha value is -1.79. The lowest BCUT2D eigenvalue weighted by Gasteiger charge is -2.26. The first-order valence-corrected chi connectivity index (χ1v) is 6.21. The summed E-state index contributed by atoms with van der Waals surface area (Å²) >= 11 is 0. The van der Waals surface area contributed by atoms with Gasteiger partial charge in [0.25, 0.3) is 0 Å². The first kappa shape index (κ1) is 17.2. The van der Waals surface area contributed by atoms with E-state index in [1.54, 1.807) is 6.92 Å². The second-order valence-electron chi connectivity index (χ2n) is 5.11. The molecule has 110 valence electrons. The van der Waals surface area contributed by atoms with Crippen LogP contribution in [0.15, 0.2) is 0 Å². The Labute approximate surface area is 113 Å². The van der Waals surface area contributed by atoms with E-state index >= 15 is 0 Å². The number of nitrogens with two attached hydrogens (primary N) is 1. The van der Waals surface area contributed by atoms with Crippen LogP contribution in [0.5, 0.6) is 0 Å². The van der Waals surface area contributed by atoms with Crippen molar-refractivity contribution in [1.82, 2.24) is 10.2 Å². The maximum atomic E-state index is 12.0. The molecule has 0 aromatic heterocycles. The van der Waals surface area contributed by atoms with Crippen LogP contribution in [0.1, 0.15) is 27.7 Å². The van der Waals surface area contributed by atoms with Crippen LogP contribution >= 0.6 is 0 Å². The molecule has 0 saturated carbocycles. The molecule has 0 aromatic carbocycles. The number of rotatable bonds is 7. The number of carbonyl (C=O) groups is 3. The normalized spacial score (nSPS) is 13.7. The number of carboxylic acid groups (broad SMARTS) is 1. The van der Waals surface area contributed by atoms with Gasteiger partial charge < -0.3 is 21.1 Å². The molecular weight excluding hydrogens is 250 g/mol. The Kier molecular flexibility index (Phi) is 6.89. The van der Waals surface area contributed by atoms with E-state index in [1.807, 2.05) is 13.8 Å². The second-order valence-corrected chi connectivity index (χ2v) is 5.11. The molecule has 4 N–H and O–H groups in total. The van der Waals surface area contributed by atoms with Crippen molar-refractivity contribution >= 4 is 17.9 Å². The Balaban J connectivity index is 4.62. The van der Waals surface area contributed by atoms with Gasteiger partial charge in [-0.3, -0.25) is 9.59 Å². The van der Waals surface area contributed by atoms with E-state index in [1.165, 1.54) is 11.8 Å². The van der Waals surface area contributed by atoms with Crippen LogP contribution in [0.2, 0.25) is 0 Å². The Morgan fingerprint density at radius 3 is 2.11 bits per heavy atom. The van der Waals surface area contributed by atoms with Gasteiger partial charge in [-0.25, -0.2) is 4.79 Å². The lowest BCUT2D eigenvalue weighted by Crippen LogP contribution is -2.50. The van der Waals surface area contributed by atoms with Gasteiger partial charge in [-0.15, -0.1) is 0 Å². The lowest BCUT2D eigenvalue weighted by molar-refractivity contribution is -0.141. The third kappa shape index (κ3) is 6.64. The molecule has 2 atom stereocenters. The average Bonchev–Trinajstić information content (AvgIpc) is 2.25. The summed E-state index contributed by atoms with van der Waals surface area (Å²) in [4.78, 5) is 35.0. The molecule has 0 bridgehead atoms. The maximum absolute atomic E-state index is 12.0. The molecule has 0 saturated heterocycles. The summed E-state index contributed by atoms with van der Waals surface area (Å²) in [6.45, 7) is 7.12. The lowest BCUT2D eigenvalue weighted by atomic mass is 10.0. The van der Waals surface area contributed by atoms with Crippen LogP contribution in [0, 0.1) is 11.8 Å². The van der Waals surface area contributed by atoms with E-state index in [9.17, 15) is 14.4 Å². The minimum Gasteiger partial charge on any atom is -0.481 e. The first-order valence-electron chi connectivity index (χ1n) is 6.21. The number of aliphatic carboxylic acids is 1. The summed E-state index contributed by atoms with van der Waals surface area (Å²) in [5.74, 6) is -2.12. The number of carbonyl (C=O) groups excluding carboxylic acids is 2. The van der Waals surface area contributed by atoms with Crippen molar-refractivity contribution in [3.05, 3.63) is 0 Å². The van der Waals surface area contributed by atoms with Crippen molar-refractivity contribution in [2.75, 3.05) is 13.1 Å². The van der Waals surface area contributed by atoms with Gasteiger partial charge in [-0.1, -0.05) is 13.8 Å². The molecular formula is C12H23N3O4. The van der Waals surface area contributed by atoms with Crippen LogP contribution in [0.25, 0.3) is 0 Å². The minimum absolute atomic E-state index is 0.178. The molecule has 0 fully saturated rings. The molecule has 0 heterocycles. The van der Waals surface area contributed by atoms with Gasteiger partial charge in [-0.2, -0.15) is 0 Å². The van der Waals surface area contributed by atoms with Crippen molar-refractivity contribution in [2.24, 2.45) is 17.6 Å². The van der Waals surface area contributed by atoms with Gasteiger partial charge in [0.2, 0.25) is 5.91 Å². The molecule has 7 heteroatoms. The number of primary amides is 1. The van der Waals surface area contributed by atoms with Crippen LogP contribution < -0.4 is 11.1 Å². The van der Waals surface area contributed by atoms with Crippen molar-refractivity contribution in [3.8, 4) is 0 Å². The number of hydrogen-bond acceptors (Lipinski definition) is 3. The number of carboxylic acids is 1. The average molecular weight is 273 g/mol. The highest BCUT2D eigenvalue weighted by molar-refractivity contribution is 5.83. The first-order chi connectivity index (χ1) is 8.65. The molecule has 0 aliphatic heterocycles. The topological polar surface area (TPSA) is 113 Å². The van der Waals surface area contributed by atoms with E-state index < -0.39 is 29.9 Å². The van der Waals surface area contributed by atoms with Crippen molar-refractivity contribution < 1.29 is 19.5 Å². The second kappa shape index (κ2) is 7.60. The van der Waals surface area contributed by atoms with Crippen LogP contribution in [0.4, 0.5) is 4.79 Å². The summed E-state index contributed by atoms with van der Waals surface area (Å²) in [5.41, 5.74) is 5.09. The summed E-state index contributed by atoms with van der Waals surface area (Å²) in [6, 6.07) is -1.01. The maximum Gasteiger partial charge on any atom is 0.318 e. The number of nitrogens with zero attached hydrogens (tertiary/aromatic N) is 1. The monoisotopic (exact) mass is 273 g/mol. The van der Waals surface area contributed by atoms with Gasteiger partial charge in [0.15, 0.2) is 0 Å². The van der Waals surface area contributed by atoms with Gasteiger partial charge in [0, 0.05) is 12.6 Å². The van der Waals surface area contributed by atoms with Crippen molar-refractivity contribution in [1.29, 1.82) is 0 Å². The van der Waals surface area contributed by atoms with Gasteiger partial charge in [-0.05, 0) is 19.8 Å². The highest BCUT2D eigenvalue weighted by Gasteiger charge is 2.24. The third-order valence-electron chi connectivity index (χ3n) is 2.71. The zero-order valence-corrected chi connectivity index (χ0v) is 11.8. The Morgan fingerprint density at radius 2 is 1.74 bits per heavy atom. The molecule has 19 heavy (non-hydrogen) atoms. The fraction of sp³-hybridized carbons (Fsp3) is 0.750. The van der Waals surface area contributed by atoms with Gasteiger partial charge in [0.1, 0.15) is 6.54 Å². The van der Waals surface area contributed by atoms with Crippen LogP contribution in [-0.4, -0.2) is 47.0 Å². The summed E-state index contributed by atoms with van der Waals surface area (Å²) in [6.07, 6.45) is 0. The molecule has 0 aliphatic carbocycles. The van der Waals surface area contributed by atoms with Gasteiger partial charge >= 0.3 is 12.0 Å². The molecule has 0 aromatic rings. The van der Waals surface area contributed by atoms with Crippen molar-refractivity contribution in [3.63, 3.8) is 0 Å². The fourth-order valence-corrected chi connectivity index (χ4v) is 1.47. The van der Waals surface area contributed by atoms with Gasteiger partial charge in [0.05, 0.1) is 5.92 Å². The number of nitrogens with one attached hydrogen (secondary N) is 1. The summed E-state index contributed by atoms with van der Waals surface area (Å²) in [5, 5.41) is 11.4. The predicted molar refractivity (Wildman–Crippen MR) is 70.4 cm³/mol. The molecule has 0 radical (unpaired) electrons. The van der Waals surface area contributed by atoms with Crippen LogP contribution in [0.3, 0.4) is 0 Å². The molecule has 0 spiro atoms. The van der Waals surface area contributed by atoms with E-state index in [4.69, 9.17) is 10.8 Å². The SMILES string of the molecule is CC(C)CN(CC(N)=O)C(=O)NC(C)C(C)C(=O)O. The third-order valence-corrected chi connectivity index (χ3v) is 2.71. The van der Waals surface area contributed by atoms with E-state index in [0.717, 1.165) is 0 Å². The zero-order chi connectivity index (χ0) is 15.2. The summed E-state index contributed by atoms with van der Waals surface area (Å²) < 4.78 is 0. The Morgan fingerprint density at radius 1 is 1.21 bits per heavy atom. The van der Waals surface area contributed by atoms with E-state index in [2.05, 4.69) is 5.32 Å². The molecule has 0 aliphatic rings. The fourth-order valence-electron chi connectivity index (χ4n) is 1.47.